The van der Waals surface area contributed by atoms with Crippen molar-refractivity contribution in [2.24, 2.45) is 5.10 Å². The van der Waals surface area contributed by atoms with Gasteiger partial charge in [-0.25, -0.2) is 4.98 Å². The minimum absolute atomic E-state index is 0.276. The fourth-order valence-corrected chi connectivity index (χ4v) is 5.83. The summed E-state index contributed by atoms with van der Waals surface area (Å²) >= 11 is 6.10. The zero-order valence-corrected chi connectivity index (χ0v) is 20.8. The molecule has 2 aromatic heterocycles. The van der Waals surface area contributed by atoms with Gasteiger partial charge in [-0.05, 0) is 42.3 Å². The second-order valence-electron chi connectivity index (χ2n) is 7.24. The monoisotopic (exact) mass is 540 g/mol. The standard InChI is InChI=1S/C23H17BrN4O3S2/c1-12-18-21(33-19(12)20(29)25-15-5-3-4-6-17(15)31-2)26-23-28(22(18)30)27-16(11-32-23)13-7-9-14(24)10-8-13/h3-10H,11H2,1-2H3,(H,25,29). The lowest BCUT2D eigenvalue weighted by Gasteiger charge is -2.15. The Balaban J connectivity index is 1.56. The van der Waals surface area contributed by atoms with Crippen molar-refractivity contribution in [3.05, 3.63) is 79.4 Å². The number of hydrogen-bond acceptors (Lipinski definition) is 7. The summed E-state index contributed by atoms with van der Waals surface area (Å²) in [6.07, 6.45) is 0. The van der Waals surface area contributed by atoms with Crippen LogP contribution in [0.5, 0.6) is 5.75 Å². The predicted octanol–water partition coefficient (Wildman–Crippen LogP) is 5.15. The third-order valence-corrected chi connectivity index (χ3v) is 7.86. The van der Waals surface area contributed by atoms with Crippen molar-refractivity contribution in [3.8, 4) is 5.75 Å². The summed E-state index contributed by atoms with van der Waals surface area (Å²) in [5.41, 5.74) is 2.62. The van der Waals surface area contributed by atoms with Gasteiger partial charge in [0, 0.05) is 10.2 Å². The van der Waals surface area contributed by atoms with Gasteiger partial charge in [-0.1, -0.05) is 52.0 Å². The fourth-order valence-electron chi connectivity index (χ4n) is 3.55. The van der Waals surface area contributed by atoms with E-state index >= 15 is 0 Å². The Morgan fingerprint density at radius 3 is 2.70 bits per heavy atom. The lowest BCUT2D eigenvalue weighted by molar-refractivity contribution is 0.102. The molecular formula is C23H17BrN4O3S2. The van der Waals surface area contributed by atoms with Crippen LogP contribution >= 0.6 is 39.0 Å². The Hall–Kier alpha value is -2.95. The molecule has 0 unspecified atom stereocenters. The van der Waals surface area contributed by atoms with Gasteiger partial charge in [0.1, 0.15) is 10.6 Å². The van der Waals surface area contributed by atoms with Gasteiger partial charge in [0.15, 0.2) is 5.16 Å². The third-order valence-electron chi connectivity index (χ3n) is 5.21. The number of carbonyl (C=O) groups is 1. The number of benzene rings is 2. The Morgan fingerprint density at radius 1 is 1.18 bits per heavy atom. The lowest BCUT2D eigenvalue weighted by atomic mass is 10.1. The van der Waals surface area contributed by atoms with E-state index in [2.05, 4.69) is 31.3 Å². The maximum absolute atomic E-state index is 13.4. The minimum atomic E-state index is -0.311. The Morgan fingerprint density at radius 2 is 1.94 bits per heavy atom. The highest BCUT2D eigenvalue weighted by Gasteiger charge is 2.24. The Bertz CT molecular complexity index is 1490. The van der Waals surface area contributed by atoms with E-state index in [1.807, 2.05) is 36.4 Å². The molecule has 1 N–H and O–H groups in total. The number of methoxy groups -OCH3 is 1. The number of thioether (sulfide) groups is 1. The van der Waals surface area contributed by atoms with E-state index in [1.54, 1.807) is 26.2 Å². The molecule has 4 aromatic rings. The van der Waals surface area contributed by atoms with Crippen molar-refractivity contribution < 1.29 is 9.53 Å². The van der Waals surface area contributed by atoms with E-state index in [9.17, 15) is 9.59 Å². The van der Waals surface area contributed by atoms with Crippen LogP contribution in [0.3, 0.4) is 0 Å². The van der Waals surface area contributed by atoms with Gasteiger partial charge in [0.05, 0.1) is 28.8 Å². The van der Waals surface area contributed by atoms with Crippen LogP contribution in [0.2, 0.25) is 0 Å². The summed E-state index contributed by atoms with van der Waals surface area (Å²) in [7, 11) is 1.55. The molecule has 0 saturated carbocycles. The summed E-state index contributed by atoms with van der Waals surface area (Å²) in [5, 5.41) is 8.40. The number of carbonyl (C=O) groups excluding carboxylic acids is 1. The number of para-hydroxylation sites is 2. The maximum Gasteiger partial charge on any atom is 0.283 e. The number of nitrogens with zero attached hydrogens (tertiary/aromatic N) is 3. The summed E-state index contributed by atoms with van der Waals surface area (Å²) in [5.74, 6) is 0.851. The number of thiophene rings is 1. The quantitative estimate of drug-likeness (QED) is 0.362. The molecule has 1 aliphatic heterocycles. The Labute approximate surface area is 205 Å². The summed E-state index contributed by atoms with van der Waals surface area (Å²) in [4.78, 5) is 32.0. The molecule has 0 bridgehead atoms. The molecule has 10 heteroatoms. The van der Waals surface area contributed by atoms with Gasteiger partial charge < -0.3 is 10.1 Å². The number of fused-ring (bicyclic) bond motifs is 2. The zero-order chi connectivity index (χ0) is 23.1. The average Bonchev–Trinajstić information content (AvgIpc) is 3.16. The predicted molar refractivity (Wildman–Crippen MR) is 136 cm³/mol. The zero-order valence-electron chi connectivity index (χ0n) is 17.6. The molecule has 1 amide bonds. The fraction of sp³-hybridized carbons (Fsp3) is 0.130. The number of amides is 1. The number of nitrogens with one attached hydrogen (secondary N) is 1. The first-order chi connectivity index (χ1) is 16.0. The molecule has 0 fully saturated rings. The molecule has 0 radical (unpaired) electrons. The molecule has 5 rings (SSSR count). The first-order valence-corrected chi connectivity index (χ1v) is 12.5. The highest BCUT2D eigenvalue weighted by atomic mass is 79.9. The SMILES string of the molecule is COc1ccccc1NC(=O)c1sc2nc3n(c(=O)c2c1C)N=C(c1ccc(Br)cc1)CS3. The van der Waals surface area contributed by atoms with E-state index in [0.29, 0.717) is 43.0 Å². The van der Waals surface area contributed by atoms with Gasteiger partial charge in [0.2, 0.25) is 0 Å². The largest absolute Gasteiger partial charge is 0.495 e. The first kappa shape index (κ1) is 21.9. The van der Waals surface area contributed by atoms with Gasteiger partial charge in [-0.15, -0.1) is 11.3 Å². The van der Waals surface area contributed by atoms with Crippen LogP contribution in [0.25, 0.3) is 10.2 Å². The van der Waals surface area contributed by atoms with Crippen LogP contribution < -0.4 is 15.6 Å². The van der Waals surface area contributed by atoms with Gasteiger partial charge >= 0.3 is 0 Å². The highest BCUT2D eigenvalue weighted by molar-refractivity contribution is 9.10. The highest BCUT2D eigenvalue weighted by Crippen LogP contribution is 2.32. The van der Waals surface area contributed by atoms with Gasteiger partial charge in [-0.2, -0.15) is 9.78 Å². The number of hydrogen-bond donors (Lipinski definition) is 1. The number of aromatic nitrogens is 2. The van der Waals surface area contributed by atoms with Crippen molar-refractivity contribution in [1.82, 2.24) is 9.66 Å². The van der Waals surface area contributed by atoms with Crippen molar-refractivity contribution in [3.63, 3.8) is 0 Å². The molecule has 2 aromatic carbocycles. The molecule has 0 saturated heterocycles. The first-order valence-electron chi connectivity index (χ1n) is 9.93. The van der Waals surface area contributed by atoms with E-state index in [4.69, 9.17) is 4.74 Å². The Kier molecular flexibility index (Phi) is 5.81. The van der Waals surface area contributed by atoms with Crippen molar-refractivity contribution in [2.45, 2.75) is 12.1 Å². The smallest absolute Gasteiger partial charge is 0.283 e. The average molecular weight is 541 g/mol. The van der Waals surface area contributed by atoms with Gasteiger partial charge in [0.25, 0.3) is 11.5 Å². The van der Waals surface area contributed by atoms with E-state index in [1.165, 1.54) is 27.8 Å². The summed E-state index contributed by atoms with van der Waals surface area (Å²) < 4.78 is 7.63. The number of aryl methyl sites for hydroxylation is 1. The minimum Gasteiger partial charge on any atom is -0.495 e. The molecule has 0 atom stereocenters. The van der Waals surface area contributed by atoms with Crippen molar-refractivity contribution in [1.29, 1.82) is 0 Å². The molecule has 0 aliphatic carbocycles. The van der Waals surface area contributed by atoms with Crippen LogP contribution in [-0.2, 0) is 0 Å². The van der Waals surface area contributed by atoms with Crippen LogP contribution in [0.15, 0.2) is 68.1 Å². The van der Waals surface area contributed by atoms with Crippen LogP contribution in [0.1, 0.15) is 20.8 Å². The molecule has 1 aliphatic rings. The van der Waals surface area contributed by atoms with Crippen LogP contribution in [-0.4, -0.2) is 34.1 Å². The number of ether oxygens (including phenoxy) is 1. The topological polar surface area (TPSA) is 85.6 Å². The normalized spacial score (nSPS) is 12.9. The molecular weight excluding hydrogens is 524 g/mol. The number of anilines is 1. The van der Waals surface area contributed by atoms with Gasteiger partial charge in [-0.3, -0.25) is 9.59 Å². The maximum atomic E-state index is 13.4. The molecule has 33 heavy (non-hydrogen) atoms. The van der Waals surface area contributed by atoms with Crippen LogP contribution in [0, 0.1) is 6.92 Å². The number of rotatable bonds is 4. The van der Waals surface area contributed by atoms with Crippen molar-refractivity contribution >= 4 is 66.6 Å². The molecule has 166 valence electrons. The lowest BCUT2D eigenvalue weighted by Crippen LogP contribution is -2.25. The van der Waals surface area contributed by atoms with E-state index in [0.717, 1.165) is 15.7 Å². The summed E-state index contributed by atoms with van der Waals surface area (Å²) in [6.45, 7) is 1.77. The van der Waals surface area contributed by atoms with Crippen molar-refractivity contribution in [2.75, 3.05) is 18.2 Å². The second kappa shape index (κ2) is 8.77. The molecule has 0 spiro atoms. The summed E-state index contributed by atoms with van der Waals surface area (Å²) in [6, 6.07) is 15.0. The second-order valence-corrected chi connectivity index (χ2v) is 10.1. The van der Waals surface area contributed by atoms with E-state index < -0.39 is 0 Å². The van der Waals surface area contributed by atoms with E-state index in [-0.39, 0.29) is 11.5 Å². The number of halogens is 1. The molecule has 7 nitrogen and oxygen atoms in total. The molecule has 3 heterocycles. The third kappa shape index (κ3) is 3.98. The van der Waals surface area contributed by atoms with Crippen LogP contribution in [0.4, 0.5) is 5.69 Å².